The number of esters is 1. The molecule has 1 fully saturated rings. The molecule has 1 spiro atoms. The first kappa shape index (κ1) is 30.9. The fraction of sp³-hybridized carbons (Fsp3) is 0.333. The summed E-state index contributed by atoms with van der Waals surface area (Å²) in [7, 11) is 0. The zero-order valence-electron chi connectivity index (χ0n) is 22.6. The third kappa shape index (κ3) is 7.53. The normalized spacial score (nSPS) is 16.7. The molecule has 0 bridgehead atoms. The number of aliphatic hydroxyl groups is 1. The number of piperidine rings is 1. The summed E-state index contributed by atoms with van der Waals surface area (Å²) in [5, 5.41) is 13.7. The SMILES string of the molecule is O=C(Nc1cc(Cl)c(OC(=O)C(F)(F)F)cc1OCC(O)CN1CCC2(CC1)Cc1cc(Cl)ccc1O2)c1ccccc1. The van der Waals surface area contributed by atoms with E-state index in [0.29, 0.717) is 23.7 Å². The molecule has 5 rings (SSSR count). The van der Waals surface area contributed by atoms with Crippen molar-refractivity contribution in [2.75, 3.05) is 31.6 Å². The molecule has 0 aromatic heterocycles. The van der Waals surface area contributed by atoms with Crippen LogP contribution in [0.15, 0.2) is 60.7 Å². The minimum atomic E-state index is -5.26. The number of benzene rings is 3. The lowest BCUT2D eigenvalue weighted by Gasteiger charge is -2.39. The summed E-state index contributed by atoms with van der Waals surface area (Å²) in [4.78, 5) is 26.2. The molecule has 2 aliphatic heterocycles. The number of rotatable bonds is 8. The number of aliphatic hydroxyl groups excluding tert-OH is 1. The van der Waals surface area contributed by atoms with Crippen LogP contribution < -0.4 is 19.5 Å². The van der Waals surface area contributed by atoms with Crippen LogP contribution in [0, 0.1) is 0 Å². The number of alkyl halides is 3. The van der Waals surface area contributed by atoms with E-state index >= 15 is 0 Å². The maximum Gasteiger partial charge on any atom is 0.491 e. The van der Waals surface area contributed by atoms with E-state index in [1.807, 2.05) is 12.1 Å². The Morgan fingerprint density at radius 2 is 1.77 bits per heavy atom. The summed E-state index contributed by atoms with van der Waals surface area (Å²) >= 11 is 12.2. The molecule has 2 aliphatic rings. The van der Waals surface area contributed by atoms with Gasteiger partial charge in [0.15, 0.2) is 5.75 Å². The van der Waals surface area contributed by atoms with Crippen molar-refractivity contribution in [3.63, 3.8) is 0 Å². The van der Waals surface area contributed by atoms with E-state index in [1.54, 1.807) is 36.4 Å². The molecule has 3 aromatic carbocycles. The number of hydrogen-bond donors (Lipinski definition) is 2. The van der Waals surface area contributed by atoms with Gasteiger partial charge in [0.1, 0.15) is 29.8 Å². The Bertz CT molecular complexity index is 1500. The van der Waals surface area contributed by atoms with Crippen molar-refractivity contribution in [2.24, 2.45) is 0 Å². The standard InChI is InChI=1S/C30H27Cl2F3N2O6/c31-20-6-7-24-19(12-20)15-29(43-24)8-10-37(11-9-29)16-21(38)17-41-26-14-25(42-28(40)30(33,34)35)22(32)13-23(26)36-27(39)18-4-2-1-3-5-18/h1-7,12-14,21,38H,8-11,15-17H2,(H,36,39). The smallest absolute Gasteiger partial charge is 0.489 e. The summed E-state index contributed by atoms with van der Waals surface area (Å²) in [6.07, 6.45) is -4.00. The van der Waals surface area contributed by atoms with Crippen LogP contribution in [0.4, 0.5) is 18.9 Å². The Hall–Kier alpha value is -3.51. The van der Waals surface area contributed by atoms with Gasteiger partial charge in [0.25, 0.3) is 5.91 Å². The Labute approximate surface area is 255 Å². The van der Waals surface area contributed by atoms with Crippen molar-refractivity contribution in [1.29, 1.82) is 0 Å². The molecule has 0 saturated carbocycles. The number of fused-ring (bicyclic) bond motifs is 1. The Morgan fingerprint density at radius 1 is 1.05 bits per heavy atom. The number of nitrogens with one attached hydrogen (secondary N) is 1. The molecule has 1 amide bonds. The molecule has 228 valence electrons. The van der Waals surface area contributed by atoms with Crippen LogP contribution in [-0.4, -0.2) is 66.0 Å². The number of likely N-dealkylation sites (tertiary alicyclic amines) is 1. The van der Waals surface area contributed by atoms with Gasteiger partial charge >= 0.3 is 12.1 Å². The highest BCUT2D eigenvalue weighted by Crippen LogP contribution is 2.42. The number of hydrogen-bond acceptors (Lipinski definition) is 7. The van der Waals surface area contributed by atoms with Crippen LogP contribution >= 0.6 is 23.2 Å². The Kier molecular flexibility index (Phi) is 9.07. The van der Waals surface area contributed by atoms with Crippen molar-refractivity contribution >= 4 is 40.8 Å². The summed E-state index contributed by atoms with van der Waals surface area (Å²) in [6.45, 7) is 1.31. The number of carbonyl (C=O) groups excluding carboxylic acids is 2. The third-order valence-electron chi connectivity index (χ3n) is 7.28. The average molecular weight is 639 g/mol. The molecule has 0 radical (unpaired) electrons. The second kappa shape index (κ2) is 12.6. The van der Waals surface area contributed by atoms with Crippen molar-refractivity contribution < 1.29 is 42.1 Å². The summed E-state index contributed by atoms with van der Waals surface area (Å²) < 4.78 is 54.8. The maximum absolute atomic E-state index is 12.8. The third-order valence-corrected chi connectivity index (χ3v) is 7.81. The fourth-order valence-electron chi connectivity index (χ4n) is 5.13. The molecule has 1 saturated heterocycles. The van der Waals surface area contributed by atoms with E-state index in [2.05, 4.69) is 15.0 Å². The number of halogens is 5. The maximum atomic E-state index is 12.8. The van der Waals surface area contributed by atoms with Gasteiger partial charge in [-0.15, -0.1) is 0 Å². The predicted molar refractivity (Wildman–Crippen MR) is 153 cm³/mol. The Balaban J connectivity index is 1.23. The van der Waals surface area contributed by atoms with Crippen molar-refractivity contribution in [1.82, 2.24) is 4.90 Å². The first-order valence-corrected chi connectivity index (χ1v) is 14.2. The highest BCUT2D eigenvalue weighted by Gasteiger charge is 2.43. The summed E-state index contributed by atoms with van der Waals surface area (Å²) in [6, 6.07) is 15.8. The van der Waals surface area contributed by atoms with E-state index in [1.165, 1.54) is 0 Å². The van der Waals surface area contributed by atoms with E-state index in [9.17, 15) is 27.9 Å². The van der Waals surface area contributed by atoms with Gasteiger partial charge in [-0.2, -0.15) is 13.2 Å². The fourth-order valence-corrected chi connectivity index (χ4v) is 5.53. The van der Waals surface area contributed by atoms with Crippen molar-refractivity contribution in [3.05, 3.63) is 81.8 Å². The zero-order chi connectivity index (χ0) is 30.8. The van der Waals surface area contributed by atoms with Crippen molar-refractivity contribution in [3.8, 4) is 17.2 Å². The number of carbonyl (C=O) groups is 2. The molecule has 1 atom stereocenters. The number of β-amino-alcohol motifs (C(OH)–C–C–N with tert-alkyl or cyclic N) is 1. The highest BCUT2D eigenvalue weighted by atomic mass is 35.5. The number of anilines is 1. The number of ether oxygens (including phenoxy) is 3. The summed E-state index contributed by atoms with van der Waals surface area (Å²) in [5.74, 6) is -2.94. The van der Waals surface area contributed by atoms with Gasteiger partial charge in [0, 0.05) is 55.5 Å². The molecular weight excluding hydrogens is 612 g/mol. The van der Waals surface area contributed by atoms with Crippen LogP contribution in [-0.2, 0) is 11.2 Å². The number of amides is 1. The summed E-state index contributed by atoms with van der Waals surface area (Å²) in [5.41, 5.74) is 1.07. The van der Waals surface area contributed by atoms with Gasteiger partial charge in [0.2, 0.25) is 0 Å². The van der Waals surface area contributed by atoms with Gasteiger partial charge in [-0.3, -0.25) is 4.79 Å². The second-order valence-corrected chi connectivity index (χ2v) is 11.3. The molecular formula is C30H27Cl2F3N2O6. The lowest BCUT2D eigenvalue weighted by Crippen LogP contribution is -2.49. The topological polar surface area (TPSA) is 97.3 Å². The minimum Gasteiger partial charge on any atom is -0.489 e. The first-order valence-electron chi connectivity index (χ1n) is 13.4. The second-order valence-electron chi connectivity index (χ2n) is 10.5. The molecule has 2 heterocycles. The van der Waals surface area contributed by atoms with Gasteiger partial charge in [-0.1, -0.05) is 41.4 Å². The monoisotopic (exact) mass is 638 g/mol. The first-order chi connectivity index (χ1) is 20.4. The van der Waals surface area contributed by atoms with E-state index < -0.39 is 29.9 Å². The van der Waals surface area contributed by atoms with E-state index in [4.69, 9.17) is 32.7 Å². The van der Waals surface area contributed by atoms with Crippen LogP contribution in [0.5, 0.6) is 17.2 Å². The molecule has 43 heavy (non-hydrogen) atoms. The molecule has 13 heteroatoms. The molecule has 2 N–H and O–H groups in total. The molecule has 8 nitrogen and oxygen atoms in total. The quantitative estimate of drug-likeness (QED) is 0.233. The predicted octanol–water partition coefficient (Wildman–Crippen LogP) is 5.92. The van der Waals surface area contributed by atoms with Gasteiger partial charge in [0.05, 0.1) is 10.7 Å². The van der Waals surface area contributed by atoms with E-state index in [-0.39, 0.29) is 35.2 Å². The van der Waals surface area contributed by atoms with Crippen molar-refractivity contribution in [2.45, 2.75) is 37.1 Å². The highest BCUT2D eigenvalue weighted by molar-refractivity contribution is 6.32. The van der Waals surface area contributed by atoms with Gasteiger partial charge < -0.3 is 29.5 Å². The lowest BCUT2D eigenvalue weighted by molar-refractivity contribution is -0.189. The van der Waals surface area contributed by atoms with Crippen LogP contribution in [0.3, 0.4) is 0 Å². The lowest BCUT2D eigenvalue weighted by atomic mass is 9.87. The molecule has 0 aliphatic carbocycles. The molecule has 3 aromatic rings. The Morgan fingerprint density at radius 3 is 2.47 bits per heavy atom. The van der Waals surface area contributed by atoms with Crippen LogP contribution in [0.2, 0.25) is 10.0 Å². The molecule has 1 unspecified atom stereocenters. The van der Waals surface area contributed by atoms with Gasteiger partial charge in [-0.05, 0) is 42.0 Å². The minimum absolute atomic E-state index is 0.0100. The van der Waals surface area contributed by atoms with Crippen LogP contribution in [0.1, 0.15) is 28.8 Å². The van der Waals surface area contributed by atoms with E-state index in [0.717, 1.165) is 42.7 Å². The zero-order valence-corrected chi connectivity index (χ0v) is 24.1. The van der Waals surface area contributed by atoms with Gasteiger partial charge in [-0.25, -0.2) is 4.79 Å². The van der Waals surface area contributed by atoms with Crippen LogP contribution in [0.25, 0.3) is 0 Å². The number of nitrogens with zero attached hydrogens (tertiary/aromatic N) is 1. The largest absolute Gasteiger partial charge is 0.491 e. The average Bonchev–Trinajstić information content (AvgIpc) is 3.31.